The molecule has 6 heterocycles. The molecule has 83 heavy (non-hydrogen) atoms. The Balaban J connectivity index is 0.000000200. The zero-order valence-electron chi connectivity index (χ0n) is 50.4. The van der Waals surface area contributed by atoms with Crippen LogP contribution in [0, 0.1) is 11.8 Å². The molecule has 16 nitrogen and oxygen atoms in total. The first kappa shape index (κ1) is 64.6. The second kappa shape index (κ2) is 34.1. The van der Waals surface area contributed by atoms with Gasteiger partial charge in [-0.1, -0.05) is 78.3 Å². The second-order valence-corrected chi connectivity index (χ2v) is 23.8. The summed E-state index contributed by atoms with van der Waals surface area (Å²) in [6.07, 6.45) is 12.3. The van der Waals surface area contributed by atoms with Crippen molar-refractivity contribution in [2.45, 2.75) is 129 Å². The van der Waals surface area contributed by atoms with Crippen LogP contribution in [0.1, 0.15) is 126 Å². The van der Waals surface area contributed by atoms with Crippen molar-refractivity contribution in [2.75, 3.05) is 98.8 Å². The number of nitrogens with one attached hydrogen (secondary N) is 3. The van der Waals surface area contributed by atoms with Crippen LogP contribution in [0.5, 0.6) is 0 Å². The molecular weight excluding hydrogens is 1110 g/mol. The van der Waals surface area contributed by atoms with E-state index in [2.05, 4.69) is 137 Å². The number of ether oxygens (including phenoxy) is 2. The molecule has 10 rings (SSSR count). The number of nitrogens with zero attached hydrogens (tertiary/aromatic N) is 7. The third-order valence-corrected chi connectivity index (χ3v) is 16.6. The molecule has 17 heteroatoms. The number of piperidine rings is 2. The van der Waals surface area contributed by atoms with Gasteiger partial charge in [0, 0.05) is 141 Å². The predicted octanol–water partition coefficient (Wildman–Crippen LogP) is 10.3. The van der Waals surface area contributed by atoms with Crippen molar-refractivity contribution in [1.82, 2.24) is 44.9 Å². The summed E-state index contributed by atoms with van der Waals surface area (Å²) in [5, 5.41) is 8.69. The van der Waals surface area contributed by atoms with Gasteiger partial charge in [-0.05, 0) is 150 Å². The number of halogens is 1. The van der Waals surface area contributed by atoms with Crippen molar-refractivity contribution < 1.29 is 28.7 Å². The van der Waals surface area contributed by atoms with E-state index in [0.717, 1.165) is 188 Å². The summed E-state index contributed by atoms with van der Waals surface area (Å²) < 4.78 is 16.4. The first-order chi connectivity index (χ1) is 40.4. The average molecular weight is 1200 g/mol. The van der Waals surface area contributed by atoms with Gasteiger partial charge >= 0.3 is 0 Å². The number of rotatable bonds is 22. The van der Waals surface area contributed by atoms with E-state index in [9.17, 15) is 19.2 Å². The maximum atomic E-state index is 13.3. The van der Waals surface area contributed by atoms with Crippen LogP contribution in [0.2, 0.25) is 0 Å². The van der Waals surface area contributed by atoms with Gasteiger partial charge in [-0.3, -0.25) is 19.2 Å². The fraction of sp³-hybridized carbons (Fsp3) is 0.545. The zero-order valence-corrected chi connectivity index (χ0v) is 52.0. The van der Waals surface area contributed by atoms with E-state index >= 15 is 0 Å². The number of fused-ring (bicyclic) bond motifs is 2. The number of likely N-dealkylation sites (tertiary alicyclic amines) is 2. The van der Waals surface area contributed by atoms with E-state index in [1.165, 1.54) is 16.6 Å². The van der Waals surface area contributed by atoms with E-state index in [1.807, 2.05) is 43.3 Å². The summed E-state index contributed by atoms with van der Waals surface area (Å²) in [5.41, 5.74) is 7.87. The number of para-hydroxylation sites is 4. The summed E-state index contributed by atoms with van der Waals surface area (Å²) in [5.74, 6) is 4.24. The van der Waals surface area contributed by atoms with Gasteiger partial charge in [-0.15, -0.1) is 0 Å². The summed E-state index contributed by atoms with van der Waals surface area (Å²) in [6.45, 7) is 14.5. The Morgan fingerprint density at radius 2 is 1.12 bits per heavy atom. The lowest BCUT2D eigenvalue weighted by Crippen LogP contribution is -2.40. The highest BCUT2D eigenvalue weighted by molar-refractivity contribution is 9.10. The lowest BCUT2D eigenvalue weighted by atomic mass is 9.94. The van der Waals surface area contributed by atoms with Gasteiger partial charge in [0.15, 0.2) is 0 Å². The Labute approximate surface area is 502 Å². The molecule has 4 fully saturated rings. The Morgan fingerprint density at radius 3 is 1.53 bits per heavy atom. The minimum atomic E-state index is 0.204. The number of benzene rings is 4. The Hall–Kier alpha value is -5.98. The number of carbonyl (C=O) groups is 4. The molecule has 2 aromatic heterocycles. The Bertz CT molecular complexity index is 2930. The van der Waals surface area contributed by atoms with Crippen molar-refractivity contribution in [2.24, 2.45) is 11.8 Å². The molecule has 0 saturated carbocycles. The van der Waals surface area contributed by atoms with E-state index in [-0.39, 0.29) is 41.4 Å². The van der Waals surface area contributed by atoms with Gasteiger partial charge in [0.05, 0.1) is 22.1 Å². The molecule has 0 spiro atoms. The largest absolute Gasteiger partial charge is 0.385 e. The summed E-state index contributed by atoms with van der Waals surface area (Å²) in [7, 11) is 7.37. The number of hydrogen-bond acceptors (Lipinski definition) is 10. The number of aryl methyl sites for hydroxylation is 2. The molecule has 0 bridgehead atoms. The zero-order chi connectivity index (χ0) is 58.9. The lowest BCUT2D eigenvalue weighted by molar-refractivity contribution is -0.134. The van der Waals surface area contributed by atoms with E-state index in [4.69, 9.17) is 19.4 Å². The van der Waals surface area contributed by atoms with Crippen LogP contribution in [0.25, 0.3) is 22.1 Å². The monoisotopic (exact) mass is 1200 g/mol. The molecule has 0 unspecified atom stereocenters. The molecule has 4 saturated heterocycles. The van der Waals surface area contributed by atoms with Crippen LogP contribution in [-0.2, 0) is 54.6 Å². The molecule has 4 aliphatic heterocycles. The van der Waals surface area contributed by atoms with Gasteiger partial charge in [-0.25, -0.2) is 9.97 Å². The summed E-state index contributed by atoms with van der Waals surface area (Å²) in [6, 6.07) is 33.4. The smallest absolute Gasteiger partial charge is 0.227 e. The molecule has 3 N–H and O–H groups in total. The van der Waals surface area contributed by atoms with E-state index in [1.54, 1.807) is 14.2 Å². The number of amides is 4. The third-order valence-electron chi connectivity index (χ3n) is 16.1. The minimum Gasteiger partial charge on any atom is -0.385 e. The number of likely N-dealkylation sites (N-methyl/N-ethyl adjacent to an activating group) is 2. The molecule has 4 aromatic carbocycles. The molecule has 4 atom stereocenters. The molecule has 450 valence electrons. The van der Waals surface area contributed by atoms with Crippen molar-refractivity contribution in [3.05, 3.63) is 124 Å². The highest BCUT2D eigenvalue weighted by atomic mass is 79.9. The Kier molecular flexibility index (Phi) is 26.5. The van der Waals surface area contributed by atoms with Crippen LogP contribution >= 0.6 is 15.9 Å². The van der Waals surface area contributed by atoms with Gasteiger partial charge in [0.25, 0.3) is 0 Å². The quantitative estimate of drug-likeness (QED) is 0.0557. The second-order valence-electron chi connectivity index (χ2n) is 22.9. The third kappa shape index (κ3) is 19.5. The maximum absolute atomic E-state index is 13.3. The highest BCUT2D eigenvalue weighted by Crippen LogP contribution is 2.33. The standard InChI is InChI=1S/C31H40N4O3.C27H34BrN3O2.C4H12N2.C4H7NO/c1-23(20-24-12-14-26(15-13-24)34-17-6-11-29(34)36)21-30(37)33-16-5-8-25(22-33)31-32-27-9-3-4-10-28(27)35(31)18-7-19-38-2;1-20(17-21-10-12-23(28)13-11-21)18-26(32)30-14-5-7-22(19-30)27-29-24-8-3-4-9-25(24)31(27)15-6-16-33-2;1-5-3-4-6-2;6-4-2-1-3-5-4/h3-4,9-10,12-15,23,25H,5-8,11,16-22H2,1-2H3;3-4,8-13,20,22H,5-7,14-19H2,1-2H3;5-6H,3-4H2,1-2H3;1-3H2,(H,5,6)/t23-,25-;20-,22-;;/m11../s1. The minimum absolute atomic E-state index is 0.204. The summed E-state index contributed by atoms with van der Waals surface area (Å²) in [4.78, 5) is 64.7. The van der Waals surface area contributed by atoms with Gasteiger partial charge in [0.1, 0.15) is 11.6 Å². The van der Waals surface area contributed by atoms with Crippen LogP contribution in [0.3, 0.4) is 0 Å². The molecule has 4 amide bonds. The molecule has 6 aromatic rings. The van der Waals surface area contributed by atoms with Crippen molar-refractivity contribution in [3.63, 3.8) is 0 Å². The number of hydrogen-bond donors (Lipinski definition) is 3. The van der Waals surface area contributed by atoms with Gasteiger partial charge in [0.2, 0.25) is 23.6 Å². The molecule has 0 radical (unpaired) electrons. The molecule has 0 aliphatic carbocycles. The number of aromatic nitrogens is 4. The van der Waals surface area contributed by atoms with E-state index < -0.39 is 0 Å². The van der Waals surface area contributed by atoms with Crippen LogP contribution in [0.4, 0.5) is 5.69 Å². The SMILES string of the molecule is CNCCNC.COCCCn1c([C@@H]2CCCN(C(=O)C[C@H](C)Cc3ccc(Br)cc3)C2)nc2ccccc21.COCCCn1c([C@@H]2CCCN(C(=O)C[C@H](C)Cc3ccc(N4CCCC4=O)cc3)C2)nc2ccccc21.O=C1CCCN1. The topological polar surface area (TPSA) is 168 Å². The average Bonchev–Trinajstić information content (AvgIpc) is 4.47. The first-order valence-electron chi connectivity index (χ1n) is 30.5. The fourth-order valence-corrected chi connectivity index (χ4v) is 12.1. The number of carbonyl (C=O) groups excluding carboxylic acids is 4. The van der Waals surface area contributed by atoms with Crippen molar-refractivity contribution in [1.29, 1.82) is 0 Å². The predicted molar refractivity (Wildman–Crippen MR) is 337 cm³/mol. The van der Waals surface area contributed by atoms with Gasteiger partial charge in [-0.2, -0.15) is 0 Å². The van der Waals surface area contributed by atoms with Gasteiger partial charge < -0.3 is 49.3 Å². The lowest BCUT2D eigenvalue weighted by Gasteiger charge is -2.33. The number of methoxy groups -OCH3 is 2. The van der Waals surface area contributed by atoms with Crippen molar-refractivity contribution in [3.8, 4) is 0 Å². The normalized spacial score (nSPS) is 17.7. The molecule has 4 aliphatic rings. The highest BCUT2D eigenvalue weighted by Gasteiger charge is 2.31. The van der Waals surface area contributed by atoms with E-state index in [0.29, 0.717) is 25.2 Å². The summed E-state index contributed by atoms with van der Waals surface area (Å²) >= 11 is 3.49. The van der Waals surface area contributed by atoms with Crippen LogP contribution in [-0.4, -0.2) is 146 Å². The first-order valence-corrected chi connectivity index (χ1v) is 31.3. The maximum Gasteiger partial charge on any atom is 0.227 e. The van der Waals surface area contributed by atoms with Crippen LogP contribution < -0.4 is 20.9 Å². The van der Waals surface area contributed by atoms with Crippen molar-refractivity contribution >= 4 is 67.3 Å². The Morgan fingerprint density at radius 1 is 0.639 bits per heavy atom. The van der Waals surface area contributed by atoms with Crippen LogP contribution in [0.15, 0.2) is 102 Å². The fourth-order valence-electron chi connectivity index (χ4n) is 11.8. The number of anilines is 1. The molecular formula is C66H93BrN10O6. The number of imidazole rings is 2.